The normalized spacial score (nSPS) is 12.6. The number of benzene rings is 3. The fraction of sp³-hybridized carbons (Fsp3) is 0.0476. The third-order valence-corrected chi connectivity index (χ3v) is 6.42. The summed E-state index contributed by atoms with van der Waals surface area (Å²) in [7, 11) is -4.54. The van der Waals surface area contributed by atoms with Gasteiger partial charge in [-0.15, -0.1) is 0 Å². The van der Waals surface area contributed by atoms with Crippen LogP contribution in [0.25, 0.3) is 0 Å². The Morgan fingerprint density at radius 3 is 2.13 bits per heavy atom. The third-order valence-electron chi connectivity index (χ3n) is 4.87. The summed E-state index contributed by atoms with van der Waals surface area (Å²) in [5.41, 5.74) is 7.65. The Bertz CT molecular complexity index is 1380. The zero-order chi connectivity index (χ0) is 21.8. The molecule has 0 unspecified atom stereocenters. The number of halogens is 1. The number of nitrogen functional groups attached to an aromatic ring is 1. The summed E-state index contributed by atoms with van der Waals surface area (Å²) < 4.78 is 33.7. The number of ketones is 2. The second kappa shape index (κ2) is 8.50. The van der Waals surface area contributed by atoms with Gasteiger partial charge in [0.1, 0.15) is 4.90 Å². The fourth-order valence-corrected chi connectivity index (χ4v) is 4.63. The molecule has 0 saturated carbocycles. The molecular weight excluding hydrogens is 495 g/mol. The van der Waals surface area contributed by atoms with Crippen molar-refractivity contribution in [2.45, 2.75) is 11.8 Å². The summed E-state index contributed by atoms with van der Waals surface area (Å²) in [5.74, 6) is -0.816. The van der Waals surface area contributed by atoms with Gasteiger partial charge in [0.25, 0.3) is 10.1 Å². The third kappa shape index (κ3) is 4.09. The van der Waals surface area contributed by atoms with Gasteiger partial charge in [0.2, 0.25) is 0 Å². The number of carbonyl (C=O) groups is 2. The Kier molecular flexibility index (Phi) is 6.48. The Labute approximate surface area is 210 Å². The van der Waals surface area contributed by atoms with Crippen LogP contribution in [0.3, 0.4) is 0 Å². The van der Waals surface area contributed by atoms with E-state index in [1.165, 1.54) is 18.2 Å². The maximum absolute atomic E-state index is 13.2. The fourth-order valence-electron chi connectivity index (χ4n) is 3.48. The first-order valence-electron chi connectivity index (χ1n) is 8.75. The molecule has 4 N–H and O–H groups in total. The molecule has 4 rings (SSSR count). The molecule has 0 bridgehead atoms. The van der Waals surface area contributed by atoms with E-state index in [2.05, 4.69) is 21.2 Å². The zero-order valence-corrected chi connectivity index (χ0v) is 21.0. The Balaban J connectivity index is 0.00000181. The van der Waals surface area contributed by atoms with Gasteiger partial charge in [0.05, 0.1) is 28.2 Å². The van der Waals surface area contributed by atoms with Crippen LogP contribution in [0, 0.1) is 6.92 Å². The van der Waals surface area contributed by atoms with Crippen LogP contribution >= 0.6 is 15.9 Å². The Hall–Kier alpha value is -2.01. The first-order chi connectivity index (χ1) is 14.1. The summed E-state index contributed by atoms with van der Waals surface area (Å²) in [5, 5.41) is 2.89. The number of nitrogens with one attached hydrogen (secondary N) is 1. The second-order valence-electron chi connectivity index (χ2n) is 6.87. The number of aryl methyl sites for hydroxylation is 1. The summed E-state index contributed by atoms with van der Waals surface area (Å²) in [6.45, 7) is 1.68. The second-order valence-corrected chi connectivity index (χ2v) is 9.12. The van der Waals surface area contributed by atoms with E-state index in [0.29, 0.717) is 10.0 Å². The zero-order valence-electron chi connectivity index (χ0n) is 17.6. The number of hydrogen-bond donors (Lipinski definition) is 3. The average Bonchev–Trinajstić information content (AvgIpc) is 2.69. The first kappa shape index (κ1) is 23.6. The summed E-state index contributed by atoms with van der Waals surface area (Å²) in [6.07, 6.45) is 0. The standard InChI is InChI=1S/C21H15BrN2O5S.Na.H/c1-10-6-7-14(16(8-10)30(27,28)29)24-15-9-13(22)19(23)18-17(15)20(25)11-4-2-3-5-12(11)21(18)26;;/h2-9,24H,23H2,1H3,(H,27,28,29);;/q;+1;-1. The summed E-state index contributed by atoms with van der Waals surface area (Å²) in [4.78, 5) is 26.0. The van der Waals surface area contributed by atoms with E-state index in [0.717, 1.165) is 0 Å². The van der Waals surface area contributed by atoms with Gasteiger partial charge in [-0.1, -0.05) is 30.3 Å². The minimum absolute atomic E-state index is 0. The molecule has 0 spiro atoms. The van der Waals surface area contributed by atoms with Crippen molar-refractivity contribution in [1.29, 1.82) is 0 Å². The van der Waals surface area contributed by atoms with E-state index in [4.69, 9.17) is 5.73 Å². The predicted octanol–water partition coefficient (Wildman–Crippen LogP) is 1.22. The quantitative estimate of drug-likeness (QED) is 0.215. The predicted molar refractivity (Wildman–Crippen MR) is 117 cm³/mol. The largest absolute Gasteiger partial charge is 1.00 e. The van der Waals surface area contributed by atoms with Gasteiger partial charge >= 0.3 is 29.6 Å². The Morgan fingerprint density at radius 2 is 1.55 bits per heavy atom. The van der Waals surface area contributed by atoms with Gasteiger partial charge in [0.15, 0.2) is 11.6 Å². The molecule has 154 valence electrons. The molecule has 0 radical (unpaired) electrons. The smallest absolute Gasteiger partial charge is 1.00 e. The van der Waals surface area contributed by atoms with Crippen molar-refractivity contribution >= 4 is 54.7 Å². The van der Waals surface area contributed by atoms with Crippen LogP contribution in [0.4, 0.5) is 17.1 Å². The number of nitrogens with two attached hydrogens (primary N) is 1. The molecule has 10 heteroatoms. The molecule has 0 amide bonds. The molecule has 0 aromatic heterocycles. The maximum Gasteiger partial charge on any atom is 1.00 e. The maximum atomic E-state index is 13.2. The molecule has 31 heavy (non-hydrogen) atoms. The number of hydrogen-bond acceptors (Lipinski definition) is 6. The molecule has 0 atom stereocenters. The van der Waals surface area contributed by atoms with Gasteiger partial charge in [-0.2, -0.15) is 8.42 Å². The van der Waals surface area contributed by atoms with Crippen LogP contribution in [0.1, 0.15) is 38.8 Å². The van der Waals surface area contributed by atoms with E-state index in [1.807, 2.05) is 0 Å². The number of rotatable bonds is 3. The summed E-state index contributed by atoms with van der Waals surface area (Å²) >= 11 is 3.30. The van der Waals surface area contributed by atoms with Crippen LogP contribution in [0.5, 0.6) is 0 Å². The van der Waals surface area contributed by atoms with Crippen molar-refractivity contribution in [3.8, 4) is 0 Å². The molecule has 3 aromatic rings. The van der Waals surface area contributed by atoms with Crippen LogP contribution in [0.15, 0.2) is 57.9 Å². The van der Waals surface area contributed by atoms with E-state index < -0.39 is 21.7 Å². The first-order valence-corrected chi connectivity index (χ1v) is 11.0. The van der Waals surface area contributed by atoms with Gasteiger partial charge in [-0.25, -0.2) is 0 Å². The molecule has 0 saturated heterocycles. The van der Waals surface area contributed by atoms with E-state index in [1.54, 1.807) is 37.3 Å². The molecule has 0 fully saturated rings. The SMILES string of the molecule is Cc1ccc(Nc2cc(Br)c(N)c3c2C(=O)c2ccccc2C3=O)c(S(=O)(=O)O)c1.[H-].[Na+]. The van der Waals surface area contributed by atoms with Crippen LogP contribution in [-0.2, 0) is 10.1 Å². The van der Waals surface area contributed by atoms with Crippen molar-refractivity contribution in [2.24, 2.45) is 0 Å². The van der Waals surface area contributed by atoms with Crippen LogP contribution in [-0.4, -0.2) is 24.5 Å². The van der Waals surface area contributed by atoms with Crippen molar-refractivity contribution < 1.29 is 53.5 Å². The Morgan fingerprint density at radius 1 is 0.968 bits per heavy atom. The topological polar surface area (TPSA) is 127 Å². The van der Waals surface area contributed by atoms with Crippen LogP contribution < -0.4 is 40.6 Å². The van der Waals surface area contributed by atoms with Gasteiger partial charge in [0, 0.05) is 15.6 Å². The van der Waals surface area contributed by atoms with Crippen molar-refractivity contribution in [3.63, 3.8) is 0 Å². The molecule has 7 nitrogen and oxygen atoms in total. The van der Waals surface area contributed by atoms with Crippen molar-refractivity contribution in [2.75, 3.05) is 11.1 Å². The molecule has 0 aliphatic heterocycles. The number of carbonyl (C=O) groups excluding carboxylic acids is 2. The van der Waals surface area contributed by atoms with E-state index in [-0.39, 0.29) is 75.2 Å². The molecular formula is C21H16BrN2NaO5S. The molecule has 1 aliphatic rings. The molecule has 3 aromatic carbocycles. The van der Waals surface area contributed by atoms with Gasteiger partial charge < -0.3 is 12.5 Å². The van der Waals surface area contributed by atoms with Crippen molar-refractivity contribution in [1.82, 2.24) is 0 Å². The van der Waals surface area contributed by atoms with Gasteiger partial charge in [-0.3, -0.25) is 14.1 Å². The monoisotopic (exact) mass is 510 g/mol. The van der Waals surface area contributed by atoms with Crippen LogP contribution in [0.2, 0.25) is 0 Å². The molecule has 1 aliphatic carbocycles. The number of fused-ring (bicyclic) bond motifs is 2. The van der Waals surface area contributed by atoms with E-state index in [9.17, 15) is 22.6 Å². The minimum atomic E-state index is -4.54. The van der Waals surface area contributed by atoms with E-state index >= 15 is 0 Å². The summed E-state index contributed by atoms with van der Waals surface area (Å²) in [6, 6.07) is 12.3. The van der Waals surface area contributed by atoms with Crippen molar-refractivity contribution in [3.05, 3.63) is 80.8 Å². The average molecular weight is 511 g/mol. The minimum Gasteiger partial charge on any atom is -1.00 e. The van der Waals surface area contributed by atoms with Gasteiger partial charge in [-0.05, 0) is 46.6 Å². The molecule has 0 heterocycles. The number of anilines is 3.